The topological polar surface area (TPSA) is 60.4 Å². The van der Waals surface area contributed by atoms with Crippen LogP contribution in [0.4, 0.5) is 0 Å². The summed E-state index contributed by atoms with van der Waals surface area (Å²) >= 11 is 3.80. The lowest BCUT2D eigenvalue weighted by Crippen LogP contribution is -2.06. The first-order chi connectivity index (χ1) is 5.52. The molecule has 0 unspecified atom stereocenters. The first kappa shape index (κ1) is 10.0. The first-order valence-electron chi connectivity index (χ1n) is 2.91. The third-order valence-corrected chi connectivity index (χ3v) is 2.66. The van der Waals surface area contributed by atoms with E-state index in [1.54, 1.807) is 6.07 Å². The van der Waals surface area contributed by atoms with Crippen LogP contribution in [-0.4, -0.2) is 11.1 Å². The lowest BCUT2D eigenvalue weighted by Gasteiger charge is -2.12. The molecule has 0 radical (unpaired) electrons. The Morgan fingerprint density at radius 3 is 2.50 bits per heavy atom. The summed E-state index contributed by atoms with van der Waals surface area (Å²) in [6.45, 7) is 0. The number of carbonyl (C=O) groups is 1. The van der Waals surface area contributed by atoms with Gasteiger partial charge < -0.3 is 10.2 Å². The molecule has 0 bridgehead atoms. The van der Waals surface area contributed by atoms with Crippen molar-refractivity contribution in [1.82, 2.24) is 0 Å². The second kappa shape index (κ2) is 3.77. The van der Waals surface area contributed by atoms with Gasteiger partial charge in [-0.05, 0) is 57.3 Å². The van der Waals surface area contributed by atoms with Crippen molar-refractivity contribution < 1.29 is 15.0 Å². The number of hydrogen-bond donors (Lipinski definition) is 1. The summed E-state index contributed by atoms with van der Waals surface area (Å²) in [4.78, 5) is 10.5. The van der Waals surface area contributed by atoms with Crippen molar-refractivity contribution in [2.24, 2.45) is 0 Å². The van der Waals surface area contributed by atoms with Gasteiger partial charge in [-0.1, -0.05) is 5.75 Å². The molecule has 0 amide bonds. The van der Waals surface area contributed by atoms with Crippen LogP contribution in [0.1, 0.15) is 10.4 Å². The number of halogens is 2. The molecule has 0 atom stereocenters. The van der Waals surface area contributed by atoms with Crippen molar-refractivity contribution in [3.63, 3.8) is 0 Å². The Morgan fingerprint density at radius 2 is 2.00 bits per heavy atom. The standard InChI is InChI=1S/C7H4I2O3/c8-3-1-4(7(11)12)6(10)5(9)2-3/h1-2,10H,(H,11,12)/p-1. The Bertz CT molecular complexity index is 336. The minimum absolute atomic E-state index is 0.161. The molecule has 3 nitrogen and oxygen atoms in total. The highest BCUT2D eigenvalue weighted by molar-refractivity contribution is 14.1. The molecule has 0 saturated carbocycles. The summed E-state index contributed by atoms with van der Waals surface area (Å²) < 4.78 is 1.20. The molecule has 0 aromatic heterocycles. The van der Waals surface area contributed by atoms with Gasteiger partial charge in [-0.2, -0.15) is 0 Å². The first-order valence-corrected chi connectivity index (χ1v) is 5.07. The molecule has 1 aromatic rings. The Kier molecular flexibility index (Phi) is 3.16. The van der Waals surface area contributed by atoms with E-state index in [0.717, 1.165) is 3.57 Å². The van der Waals surface area contributed by atoms with Crippen molar-refractivity contribution in [1.29, 1.82) is 0 Å². The van der Waals surface area contributed by atoms with Crippen LogP contribution in [-0.2, 0) is 0 Å². The van der Waals surface area contributed by atoms with E-state index in [2.05, 4.69) is 0 Å². The van der Waals surface area contributed by atoms with Gasteiger partial charge in [0.2, 0.25) is 0 Å². The molecule has 0 saturated heterocycles. The van der Waals surface area contributed by atoms with E-state index < -0.39 is 11.7 Å². The third-order valence-electron chi connectivity index (χ3n) is 1.24. The summed E-state index contributed by atoms with van der Waals surface area (Å²) in [6.07, 6.45) is 0. The van der Waals surface area contributed by atoms with Gasteiger partial charge in [-0.15, -0.1) is 0 Å². The zero-order valence-corrected chi connectivity index (χ0v) is 9.99. The van der Waals surface area contributed by atoms with Gasteiger partial charge in [0.1, 0.15) is 0 Å². The molecule has 0 fully saturated rings. The Hall–Kier alpha value is -0.0500. The van der Waals surface area contributed by atoms with Crippen LogP contribution in [0.2, 0.25) is 0 Å². The number of carboxylic acid groups (broad SMARTS) is 1. The van der Waals surface area contributed by atoms with E-state index in [4.69, 9.17) is 5.11 Å². The van der Waals surface area contributed by atoms with Gasteiger partial charge in [-0.3, -0.25) is 0 Å². The fourth-order valence-corrected chi connectivity index (χ4v) is 2.56. The maximum absolute atomic E-state index is 11.2. The van der Waals surface area contributed by atoms with Crippen LogP contribution < -0.4 is 5.11 Å². The molecule has 1 N–H and O–H groups in total. The minimum Gasteiger partial charge on any atom is -0.871 e. The van der Waals surface area contributed by atoms with Crippen LogP contribution in [0, 0.1) is 7.14 Å². The highest BCUT2D eigenvalue weighted by Crippen LogP contribution is 2.24. The highest BCUT2D eigenvalue weighted by atomic mass is 127. The maximum Gasteiger partial charge on any atom is 0.335 e. The van der Waals surface area contributed by atoms with Crippen molar-refractivity contribution in [3.8, 4) is 5.75 Å². The zero-order chi connectivity index (χ0) is 9.30. The summed E-state index contributed by atoms with van der Waals surface area (Å²) in [6, 6.07) is 3.02. The molecule has 1 aromatic carbocycles. The molecular formula is C7H3I2O3-. The predicted octanol–water partition coefficient (Wildman–Crippen LogP) is 1.67. The fourth-order valence-electron chi connectivity index (χ4n) is 0.719. The van der Waals surface area contributed by atoms with Crippen LogP contribution in [0.25, 0.3) is 0 Å². The molecular weight excluding hydrogens is 386 g/mol. The number of rotatable bonds is 1. The van der Waals surface area contributed by atoms with E-state index in [9.17, 15) is 9.90 Å². The lowest BCUT2D eigenvalue weighted by atomic mass is 10.2. The normalized spacial score (nSPS) is 9.83. The van der Waals surface area contributed by atoms with Crippen LogP contribution in [0.3, 0.4) is 0 Å². The Labute approximate surface area is 96.1 Å². The van der Waals surface area contributed by atoms with Crippen molar-refractivity contribution in [2.75, 3.05) is 0 Å². The van der Waals surface area contributed by atoms with Gasteiger partial charge in [0.25, 0.3) is 0 Å². The lowest BCUT2D eigenvalue weighted by molar-refractivity contribution is -0.270. The molecule has 0 heterocycles. The molecule has 0 spiro atoms. The zero-order valence-electron chi connectivity index (χ0n) is 5.67. The third kappa shape index (κ3) is 2.00. The largest absolute Gasteiger partial charge is 0.871 e. The Morgan fingerprint density at radius 1 is 1.42 bits per heavy atom. The number of carboxylic acids is 1. The van der Waals surface area contributed by atoms with Gasteiger partial charge >= 0.3 is 5.97 Å². The monoisotopic (exact) mass is 389 g/mol. The maximum atomic E-state index is 11.2. The quantitative estimate of drug-likeness (QED) is 0.744. The predicted molar refractivity (Wildman–Crippen MR) is 58.3 cm³/mol. The summed E-state index contributed by atoms with van der Waals surface area (Å²) in [7, 11) is 0. The second-order valence-electron chi connectivity index (χ2n) is 2.07. The average molecular weight is 389 g/mol. The van der Waals surface area contributed by atoms with Gasteiger partial charge in [-0.25, -0.2) is 4.79 Å². The van der Waals surface area contributed by atoms with Gasteiger partial charge in [0, 0.05) is 7.14 Å². The molecule has 1 rings (SSSR count). The van der Waals surface area contributed by atoms with E-state index in [-0.39, 0.29) is 5.56 Å². The summed E-state index contributed by atoms with van der Waals surface area (Å²) in [5.41, 5.74) is -0.161. The summed E-state index contributed by atoms with van der Waals surface area (Å²) in [5, 5.41) is 19.8. The minimum atomic E-state index is -1.17. The van der Waals surface area contributed by atoms with Crippen molar-refractivity contribution in [3.05, 3.63) is 24.8 Å². The number of hydrogen-bond acceptors (Lipinski definition) is 2. The number of aromatic carboxylic acids is 1. The molecule has 5 heteroatoms. The molecule has 64 valence electrons. The smallest absolute Gasteiger partial charge is 0.335 e. The molecule has 0 aliphatic rings. The number of benzene rings is 1. The fraction of sp³-hybridized carbons (Fsp3) is 0. The highest BCUT2D eigenvalue weighted by Gasteiger charge is 2.06. The summed E-state index contributed by atoms with van der Waals surface area (Å²) in [5.74, 6) is -1.58. The van der Waals surface area contributed by atoms with E-state index in [0.29, 0.717) is 3.57 Å². The van der Waals surface area contributed by atoms with E-state index in [1.807, 2.05) is 45.2 Å². The molecule has 0 aliphatic heterocycles. The van der Waals surface area contributed by atoms with Gasteiger partial charge in [0.15, 0.2) is 0 Å². The van der Waals surface area contributed by atoms with Crippen LogP contribution >= 0.6 is 45.2 Å². The second-order valence-corrected chi connectivity index (χ2v) is 4.48. The van der Waals surface area contributed by atoms with Crippen molar-refractivity contribution >= 4 is 51.2 Å². The average Bonchev–Trinajstić information content (AvgIpc) is 1.96. The SMILES string of the molecule is O=C(O)c1cc(I)cc(I)c1[O-]. The Balaban J connectivity index is 3.37. The van der Waals surface area contributed by atoms with E-state index >= 15 is 0 Å². The van der Waals surface area contributed by atoms with Crippen LogP contribution in [0.15, 0.2) is 12.1 Å². The van der Waals surface area contributed by atoms with Gasteiger partial charge in [0.05, 0.1) is 5.56 Å². The molecule has 12 heavy (non-hydrogen) atoms. The van der Waals surface area contributed by atoms with Crippen LogP contribution in [0.5, 0.6) is 5.75 Å². The van der Waals surface area contributed by atoms with E-state index in [1.165, 1.54) is 6.07 Å². The van der Waals surface area contributed by atoms with Crippen molar-refractivity contribution in [2.45, 2.75) is 0 Å². The molecule has 0 aliphatic carbocycles.